The second kappa shape index (κ2) is 9.81. The Hall–Kier alpha value is -3.24. The lowest BCUT2D eigenvalue weighted by molar-refractivity contribution is -0.984. The quantitative estimate of drug-likeness (QED) is 0.214. The lowest BCUT2D eigenvalue weighted by Crippen LogP contribution is -3.00. The molecule has 1 aromatic heterocycles. The van der Waals surface area contributed by atoms with Crippen LogP contribution in [0, 0.1) is 11.8 Å². The van der Waals surface area contributed by atoms with Gasteiger partial charge in [0.2, 0.25) is 0 Å². The summed E-state index contributed by atoms with van der Waals surface area (Å²) in [6.45, 7) is 7.29. The second-order valence-corrected chi connectivity index (χ2v) is 11.2. The van der Waals surface area contributed by atoms with Gasteiger partial charge in [0.1, 0.15) is 18.7 Å². The van der Waals surface area contributed by atoms with Crippen molar-refractivity contribution in [2.45, 2.75) is 31.5 Å². The van der Waals surface area contributed by atoms with E-state index >= 15 is 0 Å². The number of hydrogen-bond donors (Lipinski definition) is 1. The molecular formula is C34H33ClN2O. The van der Waals surface area contributed by atoms with E-state index < -0.39 is 6.10 Å². The van der Waals surface area contributed by atoms with Crippen LogP contribution in [0.5, 0.6) is 0 Å². The lowest BCUT2D eigenvalue weighted by atomic mass is 9.71. The molecule has 38 heavy (non-hydrogen) atoms. The minimum Gasteiger partial charge on any atom is -1.00 e. The number of quaternary nitrogens is 1. The van der Waals surface area contributed by atoms with Crippen molar-refractivity contribution in [2.24, 2.45) is 11.8 Å². The maximum Gasteiger partial charge on any atom is 0.131 e. The molecule has 3 fully saturated rings. The van der Waals surface area contributed by atoms with Gasteiger partial charge in [0, 0.05) is 35.9 Å². The standard InChI is InChI=1S/C34H33N2O.ClH/c1-2-23-21-36(22-28-11-7-10-27-18-24-8-3-4-9-25(24)19-31(27)28)17-15-26(23)20-33(36)34(37)30-14-16-35-32-13-6-5-12-29(30)32;/h2-14,16,18-19,23,26,33-34,37H,1,15,17,20-22H2;1H/q+1;/p-1/t23-,26-,33-,34+,36?;/m0./s1. The third kappa shape index (κ3) is 4.01. The Morgan fingerprint density at radius 2 is 1.68 bits per heavy atom. The molecule has 5 atom stereocenters. The highest BCUT2D eigenvalue weighted by Gasteiger charge is 2.54. The van der Waals surface area contributed by atoms with Gasteiger partial charge in [-0.3, -0.25) is 4.98 Å². The summed E-state index contributed by atoms with van der Waals surface area (Å²) in [6.07, 6.45) is 5.73. The van der Waals surface area contributed by atoms with Gasteiger partial charge in [0.05, 0.1) is 18.6 Å². The number of halogens is 1. The summed E-state index contributed by atoms with van der Waals surface area (Å²) in [5.41, 5.74) is 3.34. The molecule has 3 nitrogen and oxygen atoms in total. The van der Waals surface area contributed by atoms with Crippen molar-refractivity contribution >= 4 is 32.4 Å². The Bertz CT molecular complexity index is 1640. The monoisotopic (exact) mass is 520 g/mol. The number of fused-ring (bicyclic) bond motifs is 6. The SMILES string of the molecule is C=C[C@H]1C[N+]2(Cc3cccc4cc5ccccc5cc34)CC[C@H]1C[C@H]2[C@H](O)c1ccnc2ccccc12.[Cl-]. The van der Waals surface area contributed by atoms with Gasteiger partial charge >= 0.3 is 0 Å². The van der Waals surface area contributed by atoms with Crippen molar-refractivity contribution in [3.63, 3.8) is 0 Å². The molecule has 4 aromatic carbocycles. The number of nitrogens with zero attached hydrogens (tertiary/aromatic N) is 2. The first-order valence-electron chi connectivity index (χ1n) is 13.6. The largest absolute Gasteiger partial charge is 1.00 e. The normalized spacial score (nSPS) is 25.3. The summed E-state index contributed by atoms with van der Waals surface area (Å²) in [7, 11) is 0. The molecule has 192 valence electrons. The Balaban J connectivity index is 0.00000264. The topological polar surface area (TPSA) is 33.1 Å². The van der Waals surface area contributed by atoms with Gasteiger partial charge in [-0.1, -0.05) is 66.7 Å². The average molecular weight is 521 g/mol. The van der Waals surface area contributed by atoms with Crippen LogP contribution >= 0.6 is 0 Å². The summed E-state index contributed by atoms with van der Waals surface area (Å²) in [6, 6.07) is 30.4. The molecule has 4 heterocycles. The van der Waals surface area contributed by atoms with Crippen LogP contribution in [0.25, 0.3) is 32.4 Å². The molecule has 1 N–H and O–H groups in total. The summed E-state index contributed by atoms with van der Waals surface area (Å²) in [5.74, 6) is 1.10. The fourth-order valence-corrected chi connectivity index (χ4v) is 7.47. The van der Waals surface area contributed by atoms with Crippen LogP contribution in [0.15, 0.2) is 104 Å². The first-order valence-corrected chi connectivity index (χ1v) is 13.6. The van der Waals surface area contributed by atoms with Crippen molar-refractivity contribution in [3.8, 4) is 0 Å². The lowest BCUT2D eigenvalue weighted by Gasteiger charge is -2.58. The van der Waals surface area contributed by atoms with Crippen molar-refractivity contribution in [1.82, 2.24) is 4.98 Å². The van der Waals surface area contributed by atoms with Crippen LogP contribution in [-0.4, -0.2) is 33.7 Å². The average Bonchev–Trinajstić information content (AvgIpc) is 2.95. The molecule has 0 saturated carbocycles. The van der Waals surface area contributed by atoms with Crippen molar-refractivity contribution < 1.29 is 22.0 Å². The molecule has 0 spiro atoms. The molecule has 0 amide bonds. The smallest absolute Gasteiger partial charge is 0.131 e. The predicted octanol–water partition coefficient (Wildman–Crippen LogP) is 4.19. The first-order chi connectivity index (χ1) is 18.1. The maximum absolute atomic E-state index is 12.1. The van der Waals surface area contributed by atoms with E-state index in [1.807, 2.05) is 30.5 Å². The zero-order chi connectivity index (χ0) is 25.0. The van der Waals surface area contributed by atoms with Crippen LogP contribution in [0.2, 0.25) is 0 Å². The summed E-state index contributed by atoms with van der Waals surface area (Å²) >= 11 is 0. The van der Waals surface area contributed by atoms with Gasteiger partial charge in [0.25, 0.3) is 0 Å². The number of aromatic nitrogens is 1. The molecule has 4 heteroatoms. The zero-order valence-electron chi connectivity index (χ0n) is 21.5. The third-order valence-electron chi connectivity index (χ3n) is 9.36. The molecule has 8 rings (SSSR count). The van der Waals surface area contributed by atoms with E-state index in [-0.39, 0.29) is 18.4 Å². The summed E-state index contributed by atoms with van der Waals surface area (Å²) in [4.78, 5) is 4.56. The van der Waals surface area contributed by atoms with Gasteiger partial charge in [-0.2, -0.15) is 0 Å². The predicted molar refractivity (Wildman–Crippen MR) is 152 cm³/mol. The van der Waals surface area contributed by atoms with E-state index in [1.165, 1.54) is 33.5 Å². The number of aliphatic hydroxyl groups excluding tert-OH is 1. The number of aliphatic hydroxyl groups is 1. The number of hydrogen-bond acceptors (Lipinski definition) is 2. The van der Waals surface area contributed by atoms with E-state index in [1.54, 1.807) is 0 Å². The highest BCUT2D eigenvalue weighted by molar-refractivity contribution is 5.99. The summed E-state index contributed by atoms with van der Waals surface area (Å²) in [5, 5.41) is 18.3. The van der Waals surface area contributed by atoms with Gasteiger partial charge in [-0.25, -0.2) is 0 Å². The molecule has 2 bridgehead atoms. The number of rotatable bonds is 5. The fourth-order valence-electron chi connectivity index (χ4n) is 7.47. The minimum atomic E-state index is -0.530. The number of para-hydroxylation sites is 1. The Morgan fingerprint density at radius 3 is 2.53 bits per heavy atom. The Morgan fingerprint density at radius 1 is 0.921 bits per heavy atom. The number of piperidine rings is 3. The number of pyridine rings is 1. The van der Waals surface area contributed by atoms with Gasteiger partial charge < -0.3 is 22.0 Å². The van der Waals surface area contributed by atoms with E-state index in [4.69, 9.17) is 0 Å². The Kier molecular flexibility index (Phi) is 6.47. The highest BCUT2D eigenvalue weighted by Crippen LogP contribution is 2.48. The van der Waals surface area contributed by atoms with Gasteiger partial charge in [0.15, 0.2) is 0 Å². The molecule has 3 aliphatic rings. The van der Waals surface area contributed by atoms with Crippen LogP contribution in [0.3, 0.4) is 0 Å². The molecule has 5 aromatic rings. The van der Waals surface area contributed by atoms with E-state index in [2.05, 4.69) is 78.3 Å². The van der Waals surface area contributed by atoms with Crippen molar-refractivity contribution in [3.05, 3.63) is 115 Å². The molecule has 1 unspecified atom stereocenters. The Labute approximate surface area is 230 Å². The van der Waals surface area contributed by atoms with Crippen molar-refractivity contribution in [2.75, 3.05) is 13.1 Å². The van der Waals surface area contributed by atoms with Gasteiger partial charge in [-0.15, -0.1) is 6.58 Å². The third-order valence-corrected chi connectivity index (χ3v) is 9.36. The molecular weight excluding hydrogens is 488 g/mol. The van der Waals surface area contributed by atoms with Crippen LogP contribution in [-0.2, 0) is 6.54 Å². The van der Waals surface area contributed by atoms with Crippen LogP contribution < -0.4 is 12.4 Å². The fraction of sp³-hybridized carbons (Fsp3) is 0.265. The zero-order valence-corrected chi connectivity index (χ0v) is 22.3. The number of benzene rings is 4. The molecule has 0 radical (unpaired) electrons. The van der Waals surface area contributed by atoms with E-state index in [0.29, 0.717) is 11.8 Å². The van der Waals surface area contributed by atoms with E-state index in [9.17, 15) is 5.11 Å². The minimum absolute atomic E-state index is 0. The molecule has 0 aliphatic carbocycles. The highest BCUT2D eigenvalue weighted by atomic mass is 35.5. The van der Waals surface area contributed by atoms with Crippen LogP contribution in [0.4, 0.5) is 0 Å². The molecule has 3 saturated heterocycles. The van der Waals surface area contributed by atoms with Crippen molar-refractivity contribution in [1.29, 1.82) is 0 Å². The molecule has 3 aliphatic heterocycles. The second-order valence-electron chi connectivity index (χ2n) is 11.2. The van der Waals surface area contributed by atoms with E-state index in [0.717, 1.165) is 47.0 Å². The van der Waals surface area contributed by atoms with Gasteiger partial charge in [-0.05, 0) is 57.3 Å². The first kappa shape index (κ1) is 25.1. The maximum atomic E-state index is 12.1. The van der Waals surface area contributed by atoms with Crippen LogP contribution in [0.1, 0.15) is 30.1 Å². The summed E-state index contributed by atoms with van der Waals surface area (Å²) < 4.78 is 0.914.